The lowest BCUT2D eigenvalue weighted by Gasteiger charge is -2.31. The summed E-state index contributed by atoms with van der Waals surface area (Å²) in [4.78, 5) is 12.5. The Morgan fingerprint density at radius 2 is 2.20 bits per heavy atom. The zero-order chi connectivity index (χ0) is 18.0. The van der Waals surface area contributed by atoms with E-state index in [1.807, 2.05) is 6.92 Å². The normalized spacial score (nSPS) is 24.2. The SMILES string of the molecule is CCCC(=O)c1c(O)cc(OC)c2c1OC1(C=CC(CCC)CC1)C2. The second-order valence-corrected chi connectivity index (χ2v) is 7.24. The van der Waals surface area contributed by atoms with Gasteiger partial charge in [-0.2, -0.15) is 0 Å². The van der Waals surface area contributed by atoms with Crippen LogP contribution in [0.25, 0.3) is 0 Å². The van der Waals surface area contributed by atoms with Crippen molar-refractivity contribution < 1.29 is 19.4 Å². The highest BCUT2D eigenvalue weighted by molar-refractivity contribution is 6.02. The predicted molar refractivity (Wildman–Crippen MR) is 97.7 cm³/mol. The van der Waals surface area contributed by atoms with E-state index in [-0.39, 0.29) is 11.5 Å². The minimum atomic E-state index is -0.408. The van der Waals surface area contributed by atoms with Crippen LogP contribution in [0.2, 0.25) is 0 Å². The third-order valence-electron chi connectivity index (χ3n) is 5.35. The number of rotatable bonds is 6. The molecule has 1 aromatic rings. The number of hydrogen-bond acceptors (Lipinski definition) is 4. The molecule has 0 amide bonds. The van der Waals surface area contributed by atoms with Gasteiger partial charge in [0.15, 0.2) is 5.78 Å². The molecule has 1 spiro atoms. The lowest BCUT2D eigenvalue weighted by Crippen LogP contribution is -2.35. The molecule has 1 heterocycles. The number of Topliss-reactive ketones (excluding diaryl/α,β-unsaturated/α-hetero) is 1. The zero-order valence-corrected chi connectivity index (χ0v) is 15.4. The van der Waals surface area contributed by atoms with E-state index in [0.29, 0.717) is 35.8 Å². The van der Waals surface area contributed by atoms with E-state index in [0.717, 1.165) is 24.8 Å². The van der Waals surface area contributed by atoms with Gasteiger partial charge in [0.25, 0.3) is 0 Å². The van der Waals surface area contributed by atoms with Crippen LogP contribution in [-0.2, 0) is 6.42 Å². The maximum absolute atomic E-state index is 12.5. The Balaban J connectivity index is 1.98. The molecule has 0 radical (unpaired) electrons. The fourth-order valence-electron chi connectivity index (χ4n) is 4.05. The molecule has 25 heavy (non-hydrogen) atoms. The number of allylic oxidation sites excluding steroid dienone is 1. The van der Waals surface area contributed by atoms with Crippen LogP contribution in [-0.4, -0.2) is 23.6 Å². The smallest absolute Gasteiger partial charge is 0.170 e. The maximum atomic E-state index is 12.5. The van der Waals surface area contributed by atoms with Crippen molar-refractivity contribution in [1.29, 1.82) is 0 Å². The summed E-state index contributed by atoms with van der Waals surface area (Å²) in [6.45, 7) is 4.16. The number of benzene rings is 1. The van der Waals surface area contributed by atoms with Crippen molar-refractivity contribution in [2.75, 3.05) is 7.11 Å². The number of methoxy groups -OCH3 is 1. The third kappa shape index (κ3) is 3.26. The summed E-state index contributed by atoms with van der Waals surface area (Å²) in [5.74, 6) is 1.61. The van der Waals surface area contributed by atoms with Crippen molar-refractivity contribution in [1.82, 2.24) is 0 Å². The topological polar surface area (TPSA) is 55.8 Å². The van der Waals surface area contributed by atoms with Crippen LogP contribution in [0.4, 0.5) is 0 Å². The van der Waals surface area contributed by atoms with Gasteiger partial charge in [-0.1, -0.05) is 26.3 Å². The highest BCUT2D eigenvalue weighted by Gasteiger charge is 2.43. The summed E-state index contributed by atoms with van der Waals surface area (Å²) in [5, 5.41) is 10.4. The van der Waals surface area contributed by atoms with Gasteiger partial charge in [0.1, 0.15) is 28.4 Å². The minimum Gasteiger partial charge on any atom is -0.507 e. The number of fused-ring (bicyclic) bond motifs is 1. The third-order valence-corrected chi connectivity index (χ3v) is 5.35. The van der Waals surface area contributed by atoms with Crippen molar-refractivity contribution in [2.24, 2.45) is 5.92 Å². The molecule has 0 aromatic heterocycles. The number of carbonyl (C=O) groups is 1. The van der Waals surface area contributed by atoms with Crippen LogP contribution in [0.15, 0.2) is 18.2 Å². The second-order valence-electron chi connectivity index (χ2n) is 7.24. The van der Waals surface area contributed by atoms with Crippen molar-refractivity contribution >= 4 is 5.78 Å². The second kappa shape index (κ2) is 7.11. The molecule has 136 valence electrons. The Hall–Kier alpha value is -1.97. The van der Waals surface area contributed by atoms with Gasteiger partial charge in [-0.3, -0.25) is 4.79 Å². The molecule has 0 fully saturated rings. The Morgan fingerprint density at radius 1 is 1.40 bits per heavy atom. The molecule has 1 aromatic carbocycles. The van der Waals surface area contributed by atoms with Crippen LogP contribution in [0.3, 0.4) is 0 Å². The van der Waals surface area contributed by atoms with Crippen molar-refractivity contribution in [3.8, 4) is 17.2 Å². The summed E-state index contributed by atoms with van der Waals surface area (Å²) < 4.78 is 11.8. The molecule has 1 aliphatic heterocycles. The summed E-state index contributed by atoms with van der Waals surface area (Å²) in [7, 11) is 1.58. The van der Waals surface area contributed by atoms with Gasteiger partial charge in [0.05, 0.1) is 7.11 Å². The van der Waals surface area contributed by atoms with E-state index < -0.39 is 5.60 Å². The summed E-state index contributed by atoms with van der Waals surface area (Å²) in [6, 6.07) is 1.55. The minimum absolute atomic E-state index is 0.0465. The monoisotopic (exact) mass is 344 g/mol. The average Bonchev–Trinajstić information content (AvgIpc) is 2.95. The van der Waals surface area contributed by atoms with E-state index in [9.17, 15) is 9.90 Å². The molecule has 1 N–H and O–H groups in total. The summed E-state index contributed by atoms with van der Waals surface area (Å²) in [6.07, 6.45) is 10.6. The van der Waals surface area contributed by atoms with Gasteiger partial charge in [-0.05, 0) is 37.7 Å². The van der Waals surface area contributed by atoms with E-state index in [2.05, 4.69) is 19.1 Å². The number of ether oxygens (including phenoxy) is 2. The molecule has 1 aliphatic carbocycles. The molecule has 0 bridgehead atoms. The number of aromatic hydroxyl groups is 1. The molecule has 3 rings (SSSR count). The fraction of sp³-hybridized carbons (Fsp3) is 0.571. The number of carbonyl (C=O) groups excluding carboxylic acids is 1. The molecule has 2 unspecified atom stereocenters. The fourth-order valence-corrected chi connectivity index (χ4v) is 4.05. The van der Waals surface area contributed by atoms with E-state index >= 15 is 0 Å². The zero-order valence-electron chi connectivity index (χ0n) is 15.4. The lowest BCUT2D eigenvalue weighted by atomic mass is 9.81. The van der Waals surface area contributed by atoms with Gasteiger partial charge in [0, 0.05) is 24.5 Å². The molecular weight excluding hydrogens is 316 g/mol. The lowest BCUT2D eigenvalue weighted by molar-refractivity contribution is 0.0956. The number of phenolic OH excluding ortho intramolecular Hbond substituents is 1. The first kappa shape index (κ1) is 17.8. The van der Waals surface area contributed by atoms with Crippen LogP contribution < -0.4 is 9.47 Å². The number of ketones is 1. The summed E-state index contributed by atoms with van der Waals surface area (Å²) in [5.41, 5.74) is 0.812. The first-order valence-electron chi connectivity index (χ1n) is 9.38. The largest absolute Gasteiger partial charge is 0.507 e. The Labute approximate surface area is 149 Å². The summed E-state index contributed by atoms with van der Waals surface area (Å²) >= 11 is 0. The first-order valence-corrected chi connectivity index (χ1v) is 9.38. The Bertz CT molecular complexity index is 692. The highest BCUT2D eigenvalue weighted by Crippen LogP contribution is 2.50. The van der Waals surface area contributed by atoms with E-state index in [1.165, 1.54) is 12.8 Å². The number of hydrogen-bond donors (Lipinski definition) is 1. The quantitative estimate of drug-likeness (QED) is 0.593. The first-order chi connectivity index (χ1) is 12.0. The van der Waals surface area contributed by atoms with Gasteiger partial charge in [-0.15, -0.1) is 0 Å². The molecule has 4 nitrogen and oxygen atoms in total. The van der Waals surface area contributed by atoms with E-state index in [1.54, 1.807) is 13.2 Å². The van der Waals surface area contributed by atoms with Gasteiger partial charge in [0.2, 0.25) is 0 Å². The van der Waals surface area contributed by atoms with Crippen LogP contribution in [0, 0.1) is 5.92 Å². The number of phenols is 1. The Morgan fingerprint density at radius 3 is 2.80 bits per heavy atom. The van der Waals surface area contributed by atoms with Gasteiger partial charge in [-0.25, -0.2) is 0 Å². The molecule has 0 saturated heterocycles. The molecule has 2 aliphatic rings. The van der Waals surface area contributed by atoms with Crippen LogP contribution >= 0.6 is 0 Å². The van der Waals surface area contributed by atoms with Crippen LogP contribution in [0.5, 0.6) is 17.2 Å². The van der Waals surface area contributed by atoms with Crippen molar-refractivity contribution in [2.45, 2.75) is 64.4 Å². The average molecular weight is 344 g/mol. The Kier molecular flexibility index (Phi) is 5.07. The molecule has 4 heteroatoms. The van der Waals surface area contributed by atoms with E-state index in [4.69, 9.17) is 9.47 Å². The van der Waals surface area contributed by atoms with Gasteiger partial charge < -0.3 is 14.6 Å². The van der Waals surface area contributed by atoms with Gasteiger partial charge >= 0.3 is 0 Å². The van der Waals surface area contributed by atoms with Crippen molar-refractivity contribution in [3.63, 3.8) is 0 Å². The highest BCUT2D eigenvalue weighted by atomic mass is 16.5. The predicted octanol–water partition coefficient (Wildman–Crippen LogP) is 4.82. The molecule has 2 atom stereocenters. The van der Waals surface area contributed by atoms with Crippen molar-refractivity contribution in [3.05, 3.63) is 29.3 Å². The van der Waals surface area contributed by atoms with Crippen LogP contribution in [0.1, 0.15) is 68.3 Å². The maximum Gasteiger partial charge on any atom is 0.170 e. The molecule has 0 saturated carbocycles. The standard InChI is InChI=1S/C21H28O4/c1-4-6-14-8-10-21(11-9-14)13-15-18(24-3)12-17(23)19(20(15)25-21)16(22)7-5-2/h8,10,12,14,23H,4-7,9,11,13H2,1-3H3. The molecular formula is C21H28O4.